The van der Waals surface area contributed by atoms with Crippen molar-refractivity contribution in [2.45, 2.75) is 25.9 Å². The summed E-state index contributed by atoms with van der Waals surface area (Å²) in [6.07, 6.45) is 0. The Bertz CT molecular complexity index is 483. The molecule has 2 atom stereocenters. The first-order valence-corrected chi connectivity index (χ1v) is 7.45. The number of piperazine rings is 1. The van der Waals surface area contributed by atoms with Crippen LogP contribution in [0.1, 0.15) is 25.5 Å². The van der Waals surface area contributed by atoms with E-state index in [9.17, 15) is 9.18 Å². The zero-order valence-electron chi connectivity index (χ0n) is 13.4. The Morgan fingerprint density at radius 3 is 2.68 bits per heavy atom. The number of rotatable bonds is 4. The van der Waals surface area contributed by atoms with E-state index in [2.05, 4.69) is 17.1 Å². The van der Waals surface area contributed by atoms with Crippen LogP contribution < -0.4 is 5.32 Å². The van der Waals surface area contributed by atoms with Crippen LogP contribution in [0.3, 0.4) is 0 Å². The number of hydrogen-bond acceptors (Lipinski definition) is 3. The van der Waals surface area contributed by atoms with Crippen LogP contribution in [-0.4, -0.2) is 55.0 Å². The van der Waals surface area contributed by atoms with Gasteiger partial charge < -0.3 is 10.2 Å². The quantitative estimate of drug-likeness (QED) is 0.918. The Kier molecular flexibility index (Phi) is 7.26. The van der Waals surface area contributed by atoms with Crippen LogP contribution in [-0.2, 0) is 4.79 Å². The predicted molar refractivity (Wildman–Crippen MR) is 88.7 cm³/mol. The predicted octanol–water partition coefficient (Wildman–Crippen LogP) is 2.06. The molecule has 124 valence electrons. The molecule has 22 heavy (non-hydrogen) atoms. The van der Waals surface area contributed by atoms with Crippen molar-refractivity contribution in [3.8, 4) is 0 Å². The van der Waals surface area contributed by atoms with Crippen LogP contribution in [0.5, 0.6) is 0 Å². The van der Waals surface area contributed by atoms with Gasteiger partial charge in [0.05, 0.1) is 12.6 Å². The topological polar surface area (TPSA) is 35.6 Å². The molecule has 4 nitrogen and oxygen atoms in total. The molecule has 1 aliphatic rings. The second-order valence-electron chi connectivity index (χ2n) is 5.76. The molecule has 0 bridgehead atoms. The highest BCUT2D eigenvalue weighted by atomic mass is 35.5. The summed E-state index contributed by atoms with van der Waals surface area (Å²) in [7, 11) is 1.81. The van der Waals surface area contributed by atoms with Gasteiger partial charge in [-0.1, -0.05) is 12.1 Å². The molecule has 1 aromatic rings. The van der Waals surface area contributed by atoms with Crippen molar-refractivity contribution in [2.24, 2.45) is 0 Å². The lowest BCUT2D eigenvalue weighted by atomic mass is 10.1. The van der Waals surface area contributed by atoms with Crippen LogP contribution in [0.4, 0.5) is 4.39 Å². The van der Waals surface area contributed by atoms with E-state index >= 15 is 0 Å². The standard InChI is InChI=1S/C16H24FN3O.ClH/c1-12-10-18-8-9-20(12)11-16(21)19(3)13(2)14-4-6-15(17)7-5-14;/h4-7,12-13,18H,8-11H2,1-3H3;1H/t12-,13?;/m0./s1. The van der Waals surface area contributed by atoms with Crippen molar-refractivity contribution in [1.29, 1.82) is 0 Å². The summed E-state index contributed by atoms with van der Waals surface area (Å²) in [6.45, 7) is 7.27. The third-order valence-electron chi connectivity index (χ3n) is 4.30. The van der Waals surface area contributed by atoms with Crippen LogP contribution in [0, 0.1) is 5.82 Å². The number of nitrogens with one attached hydrogen (secondary N) is 1. The molecule has 1 N–H and O–H groups in total. The van der Waals surface area contributed by atoms with E-state index in [4.69, 9.17) is 0 Å². The first kappa shape index (κ1) is 18.9. The molecule has 2 rings (SSSR count). The van der Waals surface area contributed by atoms with Gasteiger partial charge in [0, 0.05) is 32.7 Å². The molecule has 6 heteroatoms. The summed E-state index contributed by atoms with van der Waals surface area (Å²) in [5, 5.41) is 3.32. The molecule has 1 aliphatic heterocycles. The van der Waals surface area contributed by atoms with Crippen LogP contribution in [0.2, 0.25) is 0 Å². The second kappa shape index (κ2) is 8.46. The molecule has 1 amide bonds. The summed E-state index contributed by atoms with van der Waals surface area (Å²) in [4.78, 5) is 16.4. The van der Waals surface area contributed by atoms with Gasteiger partial charge in [-0.15, -0.1) is 12.4 Å². The Hall–Kier alpha value is -1.17. The fourth-order valence-electron chi connectivity index (χ4n) is 2.58. The number of nitrogens with zero attached hydrogens (tertiary/aromatic N) is 2. The number of carbonyl (C=O) groups is 1. The molecular weight excluding hydrogens is 305 g/mol. The van der Waals surface area contributed by atoms with Crippen LogP contribution in [0.25, 0.3) is 0 Å². The molecule has 0 spiro atoms. The van der Waals surface area contributed by atoms with Crippen molar-refractivity contribution in [1.82, 2.24) is 15.1 Å². The first-order valence-electron chi connectivity index (χ1n) is 7.45. The highest BCUT2D eigenvalue weighted by molar-refractivity contribution is 5.85. The minimum Gasteiger partial charge on any atom is -0.338 e. The normalized spacial score (nSPS) is 20.1. The minimum atomic E-state index is -0.255. The van der Waals surface area contributed by atoms with Gasteiger partial charge in [0.1, 0.15) is 5.82 Å². The summed E-state index contributed by atoms with van der Waals surface area (Å²) in [5.41, 5.74) is 0.945. The van der Waals surface area contributed by atoms with Crippen LogP contribution >= 0.6 is 12.4 Å². The third-order valence-corrected chi connectivity index (χ3v) is 4.30. The van der Waals surface area contributed by atoms with Crippen molar-refractivity contribution in [3.63, 3.8) is 0 Å². The maximum atomic E-state index is 13.0. The number of benzene rings is 1. The van der Waals surface area contributed by atoms with E-state index in [-0.39, 0.29) is 30.2 Å². The van der Waals surface area contributed by atoms with Crippen molar-refractivity contribution >= 4 is 18.3 Å². The number of hydrogen-bond donors (Lipinski definition) is 1. The zero-order valence-corrected chi connectivity index (χ0v) is 14.2. The fourth-order valence-corrected chi connectivity index (χ4v) is 2.58. The Morgan fingerprint density at radius 2 is 2.09 bits per heavy atom. The summed E-state index contributed by atoms with van der Waals surface area (Å²) in [6, 6.07) is 6.65. The maximum Gasteiger partial charge on any atom is 0.237 e. The number of likely N-dealkylation sites (N-methyl/N-ethyl adjacent to an activating group) is 1. The number of carbonyl (C=O) groups excluding carboxylic acids is 1. The Labute approximate surface area is 138 Å². The van der Waals surface area contributed by atoms with Crippen molar-refractivity contribution in [2.75, 3.05) is 33.2 Å². The average Bonchev–Trinajstić information content (AvgIpc) is 2.49. The zero-order chi connectivity index (χ0) is 15.4. The van der Waals surface area contributed by atoms with Gasteiger partial charge in [-0.05, 0) is 31.5 Å². The maximum absolute atomic E-state index is 13.0. The van der Waals surface area contributed by atoms with E-state index in [1.54, 1.807) is 17.0 Å². The highest BCUT2D eigenvalue weighted by Gasteiger charge is 2.24. The summed E-state index contributed by atoms with van der Waals surface area (Å²) < 4.78 is 13.0. The van der Waals surface area contributed by atoms with E-state index in [1.807, 2.05) is 14.0 Å². The van der Waals surface area contributed by atoms with E-state index in [0.717, 1.165) is 25.2 Å². The third kappa shape index (κ3) is 4.66. The molecule has 0 aliphatic carbocycles. The smallest absolute Gasteiger partial charge is 0.237 e. The van der Waals surface area contributed by atoms with E-state index in [0.29, 0.717) is 12.6 Å². The van der Waals surface area contributed by atoms with E-state index < -0.39 is 0 Å². The number of amides is 1. The largest absolute Gasteiger partial charge is 0.338 e. The Balaban J connectivity index is 0.00000242. The molecule has 1 fully saturated rings. The minimum absolute atomic E-state index is 0. The van der Waals surface area contributed by atoms with Crippen molar-refractivity contribution in [3.05, 3.63) is 35.6 Å². The number of halogens is 2. The lowest BCUT2D eigenvalue weighted by Crippen LogP contribution is -2.53. The van der Waals surface area contributed by atoms with Gasteiger partial charge in [-0.3, -0.25) is 9.69 Å². The molecule has 1 heterocycles. The Morgan fingerprint density at radius 1 is 1.45 bits per heavy atom. The van der Waals surface area contributed by atoms with Gasteiger partial charge in [0.25, 0.3) is 0 Å². The summed E-state index contributed by atoms with van der Waals surface area (Å²) in [5.74, 6) is -0.157. The lowest BCUT2D eigenvalue weighted by molar-refractivity contribution is -0.133. The van der Waals surface area contributed by atoms with E-state index in [1.165, 1.54) is 12.1 Å². The molecule has 1 aromatic carbocycles. The molecule has 1 unspecified atom stereocenters. The van der Waals surface area contributed by atoms with Gasteiger partial charge in [0.2, 0.25) is 5.91 Å². The fraction of sp³-hybridized carbons (Fsp3) is 0.562. The molecule has 0 saturated carbocycles. The molecule has 1 saturated heterocycles. The average molecular weight is 330 g/mol. The van der Waals surface area contributed by atoms with Crippen LogP contribution in [0.15, 0.2) is 24.3 Å². The van der Waals surface area contributed by atoms with Crippen molar-refractivity contribution < 1.29 is 9.18 Å². The molecule has 0 aromatic heterocycles. The molecule has 0 radical (unpaired) electrons. The SMILES string of the molecule is CC(c1ccc(F)cc1)N(C)C(=O)CN1CCNC[C@@H]1C.Cl. The second-order valence-corrected chi connectivity index (χ2v) is 5.76. The highest BCUT2D eigenvalue weighted by Crippen LogP contribution is 2.19. The van der Waals surface area contributed by atoms with Gasteiger partial charge in [-0.25, -0.2) is 4.39 Å². The van der Waals surface area contributed by atoms with Gasteiger partial charge in [0.15, 0.2) is 0 Å². The van der Waals surface area contributed by atoms with Gasteiger partial charge >= 0.3 is 0 Å². The van der Waals surface area contributed by atoms with Gasteiger partial charge in [-0.2, -0.15) is 0 Å². The summed E-state index contributed by atoms with van der Waals surface area (Å²) >= 11 is 0. The lowest BCUT2D eigenvalue weighted by Gasteiger charge is -2.35. The first-order chi connectivity index (χ1) is 9.99. The molecular formula is C16H25ClFN3O. The monoisotopic (exact) mass is 329 g/mol.